The highest BCUT2D eigenvalue weighted by molar-refractivity contribution is 5.81. The first-order chi connectivity index (χ1) is 9.38. The van der Waals surface area contributed by atoms with E-state index in [1.54, 1.807) is 0 Å². The van der Waals surface area contributed by atoms with Gasteiger partial charge in [-0.3, -0.25) is 4.79 Å². The molecule has 2 atom stereocenters. The van der Waals surface area contributed by atoms with Gasteiger partial charge < -0.3 is 10.1 Å². The Balaban J connectivity index is 1.98. The molecule has 1 fully saturated rings. The van der Waals surface area contributed by atoms with Gasteiger partial charge in [0.1, 0.15) is 6.10 Å². The lowest BCUT2D eigenvalue weighted by Gasteiger charge is -2.21. The molecule has 1 saturated heterocycles. The SMILES string of the molecule is C[C@@H](NC(=O)[C@H]1CCCO1)c1ccc(C(C)(C)C)cc1. The van der Waals surface area contributed by atoms with Crippen molar-refractivity contribution in [3.05, 3.63) is 35.4 Å². The summed E-state index contributed by atoms with van der Waals surface area (Å²) in [7, 11) is 0. The van der Waals surface area contributed by atoms with Gasteiger partial charge in [0.05, 0.1) is 6.04 Å². The lowest BCUT2D eigenvalue weighted by Crippen LogP contribution is -2.35. The van der Waals surface area contributed by atoms with Crippen molar-refractivity contribution in [3.63, 3.8) is 0 Å². The lowest BCUT2D eigenvalue weighted by molar-refractivity contribution is -0.130. The third-order valence-electron chi connectivity index (χ3n) is 3.86. The molecule has 0 saturated carbocycles. The number of carbonyl (C=O) groups excluding carboxylic acids is 1. The fraction of sp³-hybridized carbons (Fsp3) is 0.588. The summed E-state index contributed by atoms with van der Waals surface area (Å²) in [5.41, 5.74) is 2.59. The molecule has 1 N–H and O–H groups in total. The first kappa shape index (κ1) is 15.0. The van der Waals surface area contributed by atoms with Crippen LogP contribution in [0.25, 0.3) is 0 Å². The van der Waals surface area contributed by atoms with Gasteiger partial charge in [-0.1, -0.05) is 45.0 Å². The molecule has 0 aliphatic carbocycles. The van der Waals surface area contributed by atoms with Gasteiger partial charge in [-0.15, -0.1) is 0 Å². The van der Waals surface area contributed by atoms with Crippen LogP contribution in [0.15, 0.2) is 24.3 Å². The standard InChI is InChI=1S/C17H25NO2/c1-12(18-16(19)15-6-5-11-20-15)13-7-9-14(10-8-13)17(2,3)4/h7-10,12,15H,5-6,11H2,1-4H3,(H,18,19)/t12-,15-/m1/s1. The highest BCUT2D eigenvalue weighted by Crippen LogP contribution is 2.24. The van der Waals surface area contributed by atoms with Gasteiger partial charge in [-0.25, -0.2) is 0 Å². The molecule has 1 aliphatic rings. The van der Waals surface area contributed by atoms with Crippen molar-refractivity contribution < 1.29 is 9.53 Å². The summed E-state index contributed by atoms with van der Waals surface area (Å²) < 4.78 is 5.40. The highest BCUT2D eigenvalue weighted by Gasteiger charge is 2.24. The van der Waals surface area contributed by atoms with Crippen molar-refractivity contribution >= 4 is 5.91 Å². The van der Waals surface area contributed by atoms with E-state index in [9.17, 15) is 4.79 Å². The maximum Gasteiger partial charge on any atom is 0.249 e. The second kappa shape index (κ2) is 5.96. The third-order valence-corrected chi connectivity index (χ3v) is 3.86. The number of amides is 1. The summed E-state index contributed by atoms with van der Waals surface area (Å²) in [6.07, 6.45) is 1.56. The fourth-order valence-corrected chi connectivity index (χ4v) is 2.45. The van der Waals surface area contributed by atoms with Gasteiger partial charge >= 0.3 is 0 Å². The summed E-state index contributed by atoms with van der Waals surface area (Å²) in [4.78, 5) is 12.0. The average Bonchev–Trinajstić information content (AvgIpc) is 2.91. The van der Waals surface area contributed by atoms with Crippen LogP contribution in [-0.2, 0) is 14.9 Å². The zero-order valence-electron chi connectivity index (χ0n) is 12.9. The second-order valence-electron chi connectivity index (χ2n) is 6.60. The van der Waals surface area contributed by atoms with Crippen LogP contribution in [0.4, 0.5) is 0 Å². The molecule has 0 bridgehead atoms. The molecule has 0 unspecified atom stereocenters. The molecule has 2 rings (SSSR count). The van der Waals surface area contributed by atoms with Crippen molar-refractivity contribution in [1.82, 2.24) is 5.32 Å². The van der Waals surface area contributed by atoms with E-state index < -0.39 is 0 Å². The summed E-state index contributed by atoms with van der Waals surface area (Å²) >= 11 is 0. The molecular formula is C17H25NO2. The topological polar surface area (TPSA) is 38.3 Å². The van der Waals surface area contributed by atoms with Crippen molar-refractivity contribution in [3.8, 4) is 0 Å². The van der Waals surface area contributed by atoms with E-state index in [-0.39, 0.29) is 23.5 Å². The van der Waals surface area contributed by atoms with E-state index in [2.05, 4.69) is 50.4 Å². The minimum Gasteiger partial charge on any atom is -0.368 e. The predicted molar refractivity (Wildman–Crippen MR) is 80.7 cm³/mol. The molecule has 1 aromatic rings. The maximum absolute atomic E-state index is 12.0. The van der Waals surface area contributed by atoms with Crippen LogP contribution in [0.2, 0.25) is 0 Å². The Bertz CT molecular complexity index is 453. The second-order valence-corrected chi connectivity index (χ2v) is 6.60. The Hall–Kier alpha value is -1.35. The van der Waals surface area contributed by atoms with Crippen LogP contribution in [0.5, 0.6) is 0 Å². The number of hydrogen-bond donors (Lipinski definition) is 1. The molecule has 1 aromatic carbocycles. The minimum atomic E-state index is -0.258. The van der Waals surface area contributed by atoms with Crippen molar-refractivity contribution in [2.24, 2.45) is 0 Å². The van der Waals surface area contributed by atoms with E-state index in [4.69, 9.17) is 4.74 Å². The van der Waals surface area contributed by atoms with Crippen LogP contribution in [0, 0.1) is 0 Å². The number of rotatable bonds is 3. The van der Waals surface area contributed by atoms with Crippen LogP contribution in [0.3, 0.4) is 0 Å². The normalized spacial score (nSPS) is 20.7. The molecule has 0 radical (unpaired) electrons. The molecule has 1 heterocycles. The molecular weight excluding hydrogens is 250 g/mol. The molecule has 3 heteroatoms. The quantitative estimate of drug-likeness (QED) is 0.918. The van der Waals surface area contributed by atoms with E-state index >= 15 is 0 Å². The molecule has 20 heavy (non-hydrogen) atoms. The summed E-state index contributed by atoms with van der Waals surface area (Å²) in [6, 6.07) is 8.50. The largest absolute Gasteiger partial charge is 0.368 e. The lowest BCUT2D eigenvalue weighted by atomic mass is 9.86. The molecule has 3 nitrogen and oxygen atoms in total. The Morgan fingerprint density at radius 1 is 1.30 bits per heavy atom. The third kappa shape index (κ3) is 3.60. The zero-order valence-corrected chi connectivity index (χ0v) is 12.9. The van der Waals surface area contributed by atoms with Crippen molar-refractivity contribution in [2.45, 2.75) is 58.1 Å². The predicted octanol–water partition coefficient (Wildman–Crippen LogP) is 3.34. The van der Waals surface area contributed by atoms with Crippen LogP contribution in [-0.4, -0.2) is 18.6 Å². The Labute approximate surface area is 121 Å². The molecule has 1 amide bonds. The summed E-state index contributed by atoms with van der Waals surface area (Å²) in [5, 5.41) is 3.03. The van der Waals surface area contributed by atoms with E-state index in [0.29, 0.717) is 6.61 Å². The van der Waals surface area contributed by atoms with Gasteiger partial charge in [-0.05, 0) is 36.3 Å². The number of nitrogens with one attached hydrogen (secondary N) is 1. The van der Waals surface area contributed by atoms with Crippen molar-refractivity contribution in [1.29, 1.82) is 0 Å². The van der Waals surface area contributed by atoms with Gasteiger partial charge in [0.2, 0.25) is 5.91 Å². The number of hydrogen-bond acceptors (Lipinski definition) is 2. The van der Waals surface area contributed by atoms with Gasteiger partial charge in [0, 0.05) is 6.61 Å². The van der Waals surface area contributed by atoms with Crippen LogP contribution < -0.4 is 5.32 Å². The molecule has 0 spiro atoms. The van der Waals surface area contributed by atoms with Crippen LogP contribution in [0.1, 0.15) is 57.7 Å². The van der Waals surface area contributed by atoms with Gasteiger partial charge in [-0.2, -0.15) is 0 Å². The van der Waals surface area contributed by atoms with Crippen LogP contribution >= 0.6 is 0 Å². The van der Waals surface area contributed by atoms with Gasteiger partial charge in [0.15, 0.2) is 0 Å². The highest BCUT2D eigenvalue weighted by atomic mass is 16.5. The summed E-state index contributed by atoms with van der Waals surface area (Å²) in [5.74, 6) is 0.00916. The monoisotopic (exact) mass is 275 g/mol. The first-order valence-corrected chi connectivity index (χ1v) is 7.40. The Kier molecular flexibility index (Phi) is 4.48. The van der Waals surface area contributed by atoms with E-state index in [0.717, 1.165) is 18.4 Å². The number of benzene rings is 1. The fourth-order valence-electron chi connectivity index (χ4n) is 2.45. The van der Waals surface area contributed by atoms with E-state index in [1.165, 1.54) is 5.56 Å². The summed E-state index contributed by atoms with van der Waals surface area (Å²) in [6.45, 7) is 9.31. The average molecular weight is 275 g/mol. The number of ether oxygens (including phenoxy) is 1. The molecule has 1 aliphatic heterocycles. The Morgan fingerprint density at radius 3 is 2.45 bits per heavy atom. The maximum atomic E-state index is 12.0. The first-order valence-electron chi connectivity index (χ1n) is 7.40. The Morgan fingerprint density at radius 2 is 1.95 bits per heavy atom. The van der Waals surface area contributed by atoms with Gasteiger partial charge in [0.25, 0.3) is 0 Å². The van der Waals surface area contributed by atoms with Crippen molar-refractivity contribution in [2.75, 3.05) is 6.61 Å². The van der Waals surface area contributed by atoms with E-state index in [1.807, 2.05) is 6.92 Å². The molecule has 0 aromatic heterocycles. The zero-order chi connectivity index (χ0) is 14.8. The number of carbonyl (C=O) groups is 1. The smallest absolute Gasteiger partial charge is 0.249 e. The molecule has 110 valence electrons. The minimum absolute atomic E-state index is 0.00916.